The lowest BCUT2D eigenvalue weighted by Crippen LogP contribution is -2.13. The van der Waals surface area contributed by atoms with E-state index in [0.29, 0.717) is 5.56 Å². The second kappa shape index (κ2) is 11.3. The number of rotatable bonds is 9. The number of ether oxygens (including phenoxy) is 3. The highest BCUT2D eigenvalue weighted by Gasteiger charge is 2.30. The first-order valence-electron chi connectivity index (χ1n) is 11.8. The summed E-state index contributed by atoms with van der Waals surface area (Å²) < 4.78 is 21.3. The van der Waals surface area contributed by atoms with Gasteiger partial charge in [0.05, 0.1) is 20.6 Å². The zero-order chi connectivity index (χ0) is 30.0. The lowest BCUT2D eigenvalue weighted by atomic mass is 9.86. The number of carboxylic acids is 1. The van der Waals surface area contributed by atoms with E-state index in [1.54, 1.807) is 0 Å². The molecule has 6 N–H and O–H groups in total. The number of esters is 1. The van der Waals surface area contributed by atoms with Crippen LogP contribution >= 0.6 is 0 Å². The molecule has 0 saturated carbocycles. The van der Waals surface area contributed by atoms with Crippen LogP contribution in [0.1, 0.15) is 23.5 Å². The van der Waals surface area contributed by atoms with Gasteiger partial charge in [0.25, 0.3) is 0 Å². The molecule has 4 rings (SSSR count). The van der Waals surface area contributed by atoms with E-state index in [2.05, 4.69) is 0 Å². The molecule has 0 bridgehead atoms. The van der Waals surface area contributed by atoms with Crippen molar-refractivity contribution in [1.82, 2.24) is 0 Å². The van der Waals surface area contributed by atoms with Crippen LogP contribution in [0.25, 0.3) is 22.3 Å². The van der Waals surface area contributed by atoms with Crippen molar-refractivity contribution in [3.05, 3.63) is 63.8 Å². The van der Waals surface area contributed by atoms with Gasteiger partial charge >= 0.3 is 11.9 Å². The molecule has 0 aliphatic heterocycles. The van der Waals surface area contributed by atoms with Crippen LogP contribution in [0, 0.1) is 0 Å². The Bertz CT molecular complexity index is 1720. The van der Waals surface area contributed by atoms with Crippen LogP contribution < -0.4 is 14.9 Å². The van der Waals surface area contributed by atoms with Crippen molar-refractivity contribution >= 4 is 22.9 Å². The summed E-state index contributed by atoms with van der Waals surface area (Å²) in [5, 5.41) is 60.2. The van der Waals surface area contributed by atoms with E-state index in [-0.39, 0.29) is 22.6 Å². The summed E-state index contributed by atoms with van der Waals surface area (Å²) in [4.78, 5) is 36.7. The smallest absolute Gasteiger partial charge is 0.341 e. The molecule has 1 heterocycles. The summed E-state index contributed by atoms with van der Waals surface area (Å²) in [5.41, 5.74) is -1.36. The van der Waals surface area contributed by atoms with Crippen molar-refractivity contribution < 1.29 is 58.9 Å². The van der Waals surface area contributed by atoms with E-state index in [0.717, 1.165) is 25.3 Å². The molecule has 0 radical (unpaired) electrons. The number of aromatic hydroxyl groups is 5. The van der Waals surface area contributed by atoms with Gasteiger partial charge in [-0.3, -0.25) is 9.59 Å². The minimum atomic E-state index is -1.23. The summed E-state index contributed by atoms with van der Waals surface area (Å²) in [7, 11) is 2.45. The van der Waals surface area contributed by atoms with Crippen LogP contribution in [-0.4, -0.2) is 63.4 Å². The standard InChI is InChI=1S/C28H24O13/c1-38-20-8-12(4-6-19(20)40-11-21(33)34)14(9-22(35)39-2)23-17(31)10-18(32)24-25(36)26(37)27(41-28(23)24)13-3-5-15(29)16(30)7-13/h3-8,10,14,29-32,37H,9,11H2,1-2H3,(H,33,34)/t14-/m1/s1. The molecule has 214 valence electrons. The largest absolute Gasteiger partial charge is 0.507 e. The third-order valence-corrected chi connectivity index (χ3v) is 6.26. The fourth-order valence-corrected chi connectivity index (χ4v) is 4.34. The number of phenols is 4. The number of hydrogen-bond donors (Lipinski definition) is 6. The average Bonchev–Trinajstić information content (AvgIpc) is 2.94. The van der Waals surface area contributed by atoms with Crippen molar-refractivity contribution in [3.8, 4) is 51.6 Å². The topological polar surface area (TPSA) is 213 Å². The van der Waals surface area contributed by atoms with Gasteiger partial charge in [0.1, 0.15) is 22.5 Å². The molecular weight excluding hydrogens is 544 g/mol. The third-order valence-electron chi connectivity index (χ3n) is 6.26. The number of benzene rings is 3. The maximum absolute atomic E-state index is 13.2. The van der Waals surface area contributed by atoms with Crippen molar-refractivity contribution in [2.24, 2.45) is 0 Å². The number of carbonyl (C=O) groups excluding carboxylic acids is 1. The Morgan fingerprint density at radius 3 is 2.24 bits per heavy atom. The Labute approximate surface area is 230 Å². The molecule has 0 amide bonds. The van der Waals surface area contributed by atoms with E-state index in [4.69, 9.17) is 23.7 Å². The van der Waals surface area contributed by atoms with Crippen LogP contribution in [-0.2, 0) is 14.3 Å². The summed E-state index contributed by atoms with van der Waals surface area (Å²) in [5.74, 6) is -6.67. The number of carbonyl (C=O) groups is 2. The zero-order valence-electron chi connectivity index (χ0n) is 21.6. The Balaban J connectivity index is 2.02. The second-order valence-electron chi connectivity index (χ2n) is 8.77. The SMILES string of the molecule is COC(=O)C[C@H](c1ccc(OCC(=O)O)c(OC)c1)c1c(O)cc(O)c2c(=O)c(O)c(-c3ccc(O)c(O)c3)oc12. The van der Waals surface area contributed by atoms with Crippen molar-refractivity contribution in [2.45, 2.75) is 12.3 Å². The monoisotopic (exact) mass is 568 g/mol. The fraction of sp³-hybridized carbons (Fsp3) is 0.179. The maximum Gasteiger partial charge on any atom is 0.341 e. The highest BCUT2D eigenvalue weighted by atomic mass is 16.5. The van der Waals surface area contributed by atoms with Crippen LogP contribution in [0.3, 0.4) is 0 Å². The quantitative estimate of drug-likeness (QED) is 0.127. The zero-order valence-corrected chi connectivity index (χ0v) is 21.6. The second-order valence-corrected chi connectivity index (χ2v) is 8.77. The molecule has 3 aromatic carbocycles. The molecule has 0 unspecified atom stereocenters. The Hall–Kier alpha value is -5.59. The number of methoxy groups -OCH3 is 2. The number of phenolic OH excluding ortho intramolecular Hbond substituents is 4. The Morgan fingerprint density at radius 1 is 0.878 bits per heavy atom. The van der Waals surface area contributed by atoms with Gasteiger partial charge in [0.2, 0.25) is 11.2 Å². The third kappa shape index (κ3) is 5.45. The summed E-state index contributed by atoms with van der Waals surface area (Å²) in [6, 6.07) is 8.47. The molecule has 0 saturated heterocycles. The number of fused-ring (bicyclic) bond motifs is 1. The van der Waals surface area contributed by atoms with Gasteiger partial charge in [-0.05, 0) is 35.9 Å². The number of aliphatic carboxylic acids is 1. The first kappa shape index (κ1) is 28.4. The molecule has 41 heavy (non-hydrogen) atoms. The van der Waals surface area contributed by atoms with Crippen LogP contribution in [0.4, 0.5) is 0 Å². The van der Waals surface area contributed by atoms with Crippen LogP contribution in [0.2, 0.25) is 0 Å². The van der Waals surface area contributed by atoms with Gasteiger partial charge in [-0.25, -0.2) is 4.79 Å². The average molecular weight is 568 g/mol. The van der Waals surface area contributed by atoms with E-state index in [9.17, 15) is 39.9 Å². The van der Waals surface area contributed by atoms with E-state index >= 15 is 0 Å². The molecule has 1 aromatic heterocycles. The van der Waals surface area contributed by atoms with Gasteiger partial charge in [0.15, 0.2) is 35.4 Å². The number of hydrogen-bond acceptors (Lipinski definition) is 12. The lowest BCUT2D eigenvalue weighted by molar-refractivity contribution is -0.141. The van der Waals surface area contributed by atoms with E-state index in [1.807, 2.05) is 0 Å². The minimum absolute atomic E-state index is 0.0308. The molecule has 13 heteroatoms. The molecule has 0 aliphatic rings. The first-order chi connectivity index (χ1) is 19.5. The van der Waals surface area contributed by atoms with Gasteiger partial charge in [0, 0.05) is 23.1 Å². The normalized spacial score (nSPS) is 11.7. The molecule has 13 nitrogen and oxygen atoms in total. The van der Waals surface area contributed by atoms with Crippen molar-refractivity contribution in [3.63, 3.8) is 0 Å². The van der Waals surface area contributed by atoms with E-state index < -0.39 is 81.8 Å². The fourth-order valence-electron chi connectivity index (χ4n) is 4.34. The molecular formula is C28H24O13. The Morgan fingerprint density at radius 2 is 1.61 bits per heavy atom. The van der Waals surface area contributed by atoms with Crippen molar-refractivity contribution in [1.29, 1.82) is 0 Å². The molecule has 1 atom stereocenters. The highest BCUT2D eigenvalue weighted by Crippen LogP contribution is 2.46. The molecule has 0 fully saturated rings. The van der Waals surface area contributed by atoms with Gasteiger partial charge < -0.3 is 49.3 Å². The predicted molar refractivity (Wildman–Crippen MR) is 141 cm³/mol. The molecule has 0 spiro atoms. The maximum atomic E-state index is 13.2. The summed E-state index contributed by atoms with van der Waals surface area (Å²) in [6.45, 7) is -0.658. The van der Waals surface area contributed by atoms with Gasteiger partial charge in [-0.15, -0.1) is 0 Å². The minimum Gasteiger partial charge on any atom is -0.507 e. The van der Waals surface area contributed by atoms with Gasteiger partial charge in [-0.2, -0.15) is 0 Å². The highest BCUT2D eigenvalue weighted by molar-refractivity contribution is 5.92. The van der Waals surface area contributed by atoms with Crippen LogP contribution in [0.15, 0.2) is 51.7 Å². The van der Waals surface area contributed by atoms with Gasteiger partial charge in [-0.1, -0.05) is 6.07 Å². The van der Waals surface area contributed by atoms with E-state index in [1.165, 1.54) is 31.4 Å². The van der Waals surface area contributed by atoms with Crippen LogP contribution in [0.5, 0.6) is 40.2 Å². The first-order valence-corrected chi connectivity index (χ1v) is 11.8. The summed E-state index contributed by atoms with van der Waals surface area (Å²) in [6.07, 6.45) is -0.414. The predicted octanol–water partition coefficient (Wildman–Crippen LogP) is 3.16. The molecule has 4 aromatic rings. The lowest BCUT2D eigenvalue weighted by Gasteiger charge is -2.21. The number of carboxylic acid groups (broad SMARTS) is 1. The summed E-state index contributed by atoms with van der Waals surface area (Å²) >= 11 is 0. The Kier molecular flexibility index (Phi) is 7.80. The molecule has 0 aliphatic carbocycles. The van der Waals surface area contributed by atoms with Crippen molar-refractivity contribution in [2.75, 3.05) is 20.8 Å².